The molecule has 4 unspecified atom stereocenters. The second kappa shape index (κ2) is 9.85. The van der Waals surface area contributed by atoms with Gasteiger partial charge in [0.25, 0.3) is 0 Å². The third-order valence-electron chi connectivity index (χ3n) is 11.9. The van der Waals surface area contributed by atoms with E-state index in [4.69, 9.17) is 9.47 Å². The minimum Gasteiger partial charge on any atom is -0.390 e. The van der Waals surface area contributed by atoms with E-state index in [2.05, 4.69) is 63.0 Å². The van der Waals surface area contributed by atoms with Crippen molar-refractivity contribution < 1.29 is 19.7 Å². The van der Waals surface area contributed by atoms with Crippen LogP contribution < -0.4 is 0 Å². The van der Waals surface area contributed by atoms with Crippen molar-refractivity contribution in [3.63, 3.8) is 0 Å². The van der Waals surface area contributed by atoms with E-state index in [-0.39, 0.29) is 16.7 Å². The summed E-state index contributed by atoms with van der Waals surface area (Å²) in [4.78, 5) is 4.41. The zero-order chi connectivity index (χ0) is 29.4. The van der Waals surface area contributed by atoms with E-state index in [0.717, 1.165) is 56.2 Å². The quantitative estimate of drug-likeness (QED) is 0.380. The maximum Gasteiger partial charge on any atom is 0.171 e. The van der Waals surface area contributed by atoms with Gasteiger partial charge in [0, 0.05) is 35.8 Å². The van der Waals surface area contributed by atoms with Crippen molar-refractivity contribution in [2.75, 3.05) is 13.2 Å². The average molecular weight is 570 g/mol. The molecule has 4 fully saturated rings. The molecule has 2 heterocycles. The third kappa shape index (κ3) is 4.63. The van der Waals surface area contributed by atoms with E-state index >= 15 is 0 Å². The topological polar surface area (TPSA) is 71.8 Å². The molecule has 1 spiro atoms. The van der Waals surface area contributed by atoms with Gasteiger partial charge in [0.2, 0.25) is 0 Å². The number of pyridine rings is 1. The highest BCUT2D eigenvalue weighted by atomic mass is 16.7. The van der Waals surface area contributed by atoms with E-state index in [0.29, 0.717) is 31.5 Å². The monoisotopic (exact) mass is 569 g/mol. The fraction of sp³-hybridized carbons (Fsp3) is 0.595. The molecule has 1 aliphatic heterocycles. The van der Waals surface area contributed by atoms with Crippen LogP contribution in [0.1, 0.15) is 102 Å². The molecule has 0 bridgehead atoms. The van der Waals surface area contributed by atoms with Crippen LogP contribution in [0.15, 0.2) is 59.8 Å². The van der Waals surface area contributed by atoms with Crippen LogP contribution in [0.5, 0.6) is 0 Å². The van der Waals surface area contributed by atoms with Gasteiger partial charge in [-0.15, -0.1) is 0 Å². The highest BCUT2D eigenvalue weighted by molar-refractivity contribution is 5.68. The molecule has 6 atom stereocenters. The molecule has 5 heteroatoms. The second-order valence-corrected chi connectivity index (χ2v) is 15.3. The lowest BCUT2D eigenvalue weighted by molar-refractivity contribution is -0.322. The predicted molar refractivity (Wildman–Crippen MR) is 165 cm³/mol. The Kier molecular flexibility index (Phi) is 6.68. The molecule has 0 radical (unpaired) electrons. The maximum atomic E-state index is 12.4. The van der Waals surface area contributed by atoms with Gasteiger partial charge >= 0.3 is 0 Å². The number of nitrogens with zero attached hydrogens (tertiary/aromatic N) is 1. The van der Waals surface area contributed by atoms with E-state index < -0.39 is 17.0 Å². The van der Waals surface area contributed by atoms with Gasteiger partial charge in [-0.2, -0.15) is 0 Å². The minimum absolute atomic E-state index is 0.00156. The van der Waals surface area contributed by atoms with Crippen molar-refractivity contribution in [3.8, 4) is 0 Å². The number of aromatic nitrogens is 1. The number of hydrogen-bond donors (Lipinski definition) is 2. The van der Waals surface area contributed by atoms with Gasteiger partial charge in [0.1, 0.15) is 0 Å². The molecule has 5 nitrogen and oxygen atoms in total. The molecule has 1 saturated heterocycles. The zero-order valence-electron chi connectivity index (χ0n) is 25.7. The number of hydrogen-bond acceptors (Lipinski definition) is 5. The summed E-state index contributed by atoms with van der Waals surface area (Å²) in [5, 5.41) is 24.1. The van der Waals surface area contributed by atoms with Crippen molar-refractivity contribution in [3.05, 3.63) is 76.6 Å². The lowest BCUT2D eigenvalue weighted by atomic mass is 9.50. The molecule has 42 heavy (non-hydrogen) atoms. The Morgan fingerprint density at radius 1 is 0.881 bits per heavy atom. The van der Waals surface area contributed by atoms with Crippen LogP contribution in [-0.4, -0.2) is 45.4 Å². The summed E-state index contributed by atoms with van der Waals surface area (Å²) in [5.41, 5.74) is 4.35. The Balaban J connectivity index is 1.25. The standard InChI is InChI=1S/C37H47NO4/c1-33(2)23-41-37(42-24-33)19-16-31-32-28(14-18-36(31,40)22-37)30-15-17-35(4,39)34(30,3)21-29(32)26-11-8-25(9-12-26)10-13-27-7-5-6-20-38-27/h5-13,20,28-30,39-40H,14-19,21-24H2,1-4H3/b13-10+/t28?,29?,30?,34?,35-,36+/m0/s1. The van der Waals surface area contributed by atoms with Crippen molar-refractivity contribution in [2.45, 2.75) is 102 Å². The van der Waals surface area contributed by atoms with E-state index in [1.54, 1.807) is 0 Å². The molecule has 2 aromatic rings. The Morgan fingerprint density at radius 2 is 1.64 bits per heavy atom. The zero-order valence-corrected chi connectivity index (χ0v) is 25.7. The third-order valence-corrected chi connectivity index (χ3v) is 11.9. The minimum atomic E-state index is -0.899. The van der Waals surface area contributed by atoms with Gasteiger partial charge in [-0.05, 0) is 92.2 Å². The molecular formula is C37H47NO4. The first-order valence-electron chi connectivity index (χ1n) is 16.1. The maximum absolute atomic E-state index is 12.4. The summed E-state index contributed by atoms with van der Waals surface area (Å²) in [5.74, 6) is 0.328. The van der Waals surface area contributed by atoms with Crippen LogP contribution in [0.2, 0.25) is 0 Å². The molecule has 0 amide bonds. The lowest BCUT2D eigenvalue weighted by Crippen LogP contribution is -2.58. The summed E-state index contributed by atoms with van der Waals surface area (Å²) in [6.45, 7) is 10.1. The Bertz CT molecular complexity index is 1380. The number of fused-ring (bicyclic) bond motifs is 4. The molecule has 1 aromatic carbocycles. The number of ether oxygens (including phenoxy) is 2. The van der Waals surface area contributed by atoms with Crippen LogP contribution >= 0.6 is 0 Å². The highest BCUT2D eigenvalue weighted by Crippen LogP contribution is 2.67. The smallest absolute Gasteiger partial charge is 0.171 e. The normalized spacial score (nSPS) is 38.8. The van der Waals surface area contributed by atoms with Crippen LogP contribution in [0.3, 0.4) is 0 Å². The number of aliphatic hydroxyl groups is 2. The van der Waals surface area contributed by atoms with Crippen LogP contribution in [0, 0.1) is 22.7 Å². The van der Waals surface area contributed by atoms with Crippen molar-refractivity contribution >= 4 is 12.2 Å². The molecule has 224 valence electrons. The molecule has 4 aliphatic carbocycles. The fourth-order valence-corrected chi connectivity index (χ4v) is 9.27. The van der Waals surface area contributed by atoms with Gasteiger partial charge < -0.3 is 19.7 Å². The Hall–Kier alpha value is -2.31. The van der Waals surface area contributed by atoms with Crippen molar-refractivity contribution in [2.24, 2.45) is 22.7 Å². The number of rotatable bonds is 3. The second-order valence-electron chi connectivity index (χ2n) is 15.3. The average Bonchev–Trinajstić information content (AvgIpc) is 3.21. The summed E-state index contributed by atoms with van der Waals surface area (Å²) in [6.07, 6.45) is 12.6. The van der Waals surface area contributed by atoms with E-state index in [9.17, 15) is 10.2 Å². The van der Waals surface area contributed by atoms with Gasteiger partial charge in [-0.3, -0.25) is 4.98 Å². The molecule has 1 aromatic heterocycles. The molecule has 2 N–H and O–H groups in total. The first-order valence-corrected chi connectivity index (χ1v) is 16.1. The van der Waals surface area contributed by atoms with Gasteiger partial charge in [0.05, 0.1) is 30.1 Å². The summed E-state index contributed by atoms with van der Waals surface area (Å²) in [7, 11) is 0. The molecule has 5 aliphatic rings. The largest absolute Gasteiger partial charge is 0.390 e. The van der Waals surface area contributed by atoms with Crippen LogP contribution in [0.25, 0.3) is 12.2 Å². The Labute approximate surface area is 251 Å². The highest BCUT2D eigenvalue weighted by Gasteiger charge is 2.63. The Morgan fingerprint density at radius 3 is 2.36 bits per heavy atom. The van der Waals surface area contributed by atoms with E-state index in [1.807, 2.05) is 30.5 Å². The summed E-state index contributed by atoms with van der Waals surface area (Å²) >= 11 is 0. The first kappa shape index (κ1) is 28.5. The fourth-order valence-electron chi connectivity index (χ4n) is 9.27. The van der Waals surface area contributed by atoms with E-state index in [1.165, 1.54) is 16.7 Å². The van der Waals surface area contributed by atoms with Gasteiger partial charge in [0.15, 0.2) is 5.79 Å². The van der Waals surface area contributed by atoms with Gasteiger partial charge in [-0.25, -0.2) is 0 Å². The lowest BCUT2D eigenvalue weighted by Gasteiger charge is -2.58. The first-order chi connectivity index (χ1) is 19.9. The molecular weight excluding hydrogens is 522 g/mol. The van der Waals surface area contributed by atoms with Gasteiger partial charge in [-0.1, -0.05) is 62.8 Å². The van der Waals surface area contributed by atoms with Crippen molar-refractivity contribution in [1.29, 1.82) is 0 Å². The SMILES string of the molecule is CC1(C)COC2(CCC3=C4C(c5ccc(/C=C/c6ccccn6)cc5)CC5(C)C(CC[C@]5(C)O)C4CC[C@@]3(O)C2)OC1. The number of benzene rings is 1. The predicted octanol–water partition coefficient (Wildman–Crippen LogP) is 7.30. The summed E-state index contributed by atoms with van der Waals surface area (Å²) < 4.78 is 12.8. The van der Waals surface area contributed by atoms with Crippen LogP contribution in [-0.2, 0) is 9.47 Å². The summed E-state index contributed by atoms with van der Waals surface area (Å²) in [6, 6.07) is 14.9. The van der Waals surface area contributed by atoms with Crippen LogP contribution in [0.4, 0.5) is 0 Å². The van der Waals surface area contributed by atoms with Crippen molar-refractivity contribution in [1.82, 2.24) is 4.98 Å². The molecule has 7 rings (SSSR count). The molecule has 3 saturated carbocycles. The number of allylic oxidation sites excluding steroid dienone is 1.